The van der Waals surface area contributed by atoms with Crippen molar-refractivity contribution in [3.8, 4) is 5.75 Å². The third-order valence-corrected chi connectivity index (χ3v) is 4.27. The summed E-state index contributed by atoms with van der Waals surface area (Å²) < 4.78 is 41.8. The van der Waals surface area contributed by atoms with Crippen LogP contribution in [0.2, 0.25) is 0 Å². The first-order chi connectivity index (χ1) is 9.48. The maximum atomic E-state index is 12.2. The van der Waals surface area contributed by atoms with Gasteiger partial charge in [0.2, 0.25) is 0 Å². The highest BCUT2D eigenvalue weighted by Crippen LogP contribution is 2.39. The number of rotatable bonds is 4. The molecule has 0 aromatic heterocycles. The van der Waals surface area contributed by atoms with Gasteiger partial charge in [-0.15, -0.1) is 0 Å². The highest BCUT2D eigenvalue weighted by atomic mass is 19.4. The van der Waals surface area contributed by atoms with Gasteiger partial charge in [0.15, 0.2) is 0 Å². The normalized spacial score (nSPS) is 23.6. The lowest BCUT2D eigenvalue weighted by atomic mass is 9.77. The van der Waals surface area contributed by atoms with E-state index in [9.17, 15) is 13.2 Å². The Morgan fingerprint density at radius 1 is 1.05 bits per heavy atom. The standard InChI is InChI=1S/C16H21F3O/c1-20-15-8-6-14(7-9-15)13-4-2-12(3-5-13)10-11-16(17,18)19/h6-9,12-13H,2-5,10-11H2,1H3/t12-,13-. The zero-order valence-corrected chi connectivity index (χ0v) is 11.7. The van der Waals surface area contributed by atoms with Crippen molar-refractivity contribution in [3.05, 3.63) is 29.8 Å². The summed E-state index contributed by atoms with van der Waals surface area (Å²) >= 11 is 0. The fourth-order valence-corrected chi connectivity index (χ4v) is 3.03. The monoisotopic (exact) mass is 286 g/mol. The van der Waals surface area contributed by atoms with Crippen LogP contribution in [0.5, 0.6) is 5.75 Å². The van der Waals surface area contributed by atoms with E-state index < -0.39 is 12.6 Å². The van der Waals surface area contributed by atoms with Crippen LogP contribution in [0.4, 0.5) is 13.2 Å². The number of halogens is 3. The Morgan fingerprint density at radius 2 is 1.65 bits per heavy atom. The molecule has 1 saturated carbocycles. The summed E-state index contributed by atoms with van der Waals surface area (Å²) in [5, 5.41) is 0. The molecular weight excluding hydrogens is 265 g/mol. The van der Waals surface area contributed by atoms with E-state index in [-0.39, 0.29) is 5.92 Å². The predicted octanol–water partition coefficient (Wildman–Crippen LogP) is 5.31. The van der Waals surface area contributed by atoms with Crippen molar-refractivity contribution in [1.82, 2.24) is 0 Å². The van der Waals surface area contributed by atoms with E-state index in [0.717, 1.165) is 31.4 Å². The van der Waals surface area contributed by atoms with Gasteiger partial charge in [0.1, 0.15) is 5.75 Å². The van der Waals surface area contributed by atoms with Crippen molar-refractivity contribution in [3.63, 3.8) is 0 Å². The van der Waals surface area contributed by atoms with Crippen molar-refractivity contribution in [1.29, 1.82) is 0 Å². The van der Waals surface area contributed by atoms with E-state index in [4.69, 9.17) is 4.74 Å². The summed E-state index contributed by atoms with van der Waals surface area (Å²) in [6.45, 7) is 0. The molecule has 0 heterocycles. The molecule has 1 aliphatic carbocycles. The molecule has 1 aliphatic rings. The topological polar surface area (TPSA) is 9.23 Å². The molecule has 0 N–H and O–H groups in total. The molecule has 0 radical (unpaired) electrons. The van der Waals surface area contributed by atoms with Crippen LogP contribution in [0.3, 0.4) is 0 Å². The summed E-state index contributed by atoms with van der Waals surface area (Å²) in [4.78, 5) is 0. The molecule has 4 heteroatoms. The Labute approximate surface area is 118 Å². The lowest BCUT2D eigenvalue weighted by Crippen LogP contribution is -2.16. The maximum Gasteiger partial charge on any atom is 0.389 e. The zero-order chi connectivity index (χ0) is 14.6. The molecule has 1 aromatic carbocycles. The van der Waals surface area contributed by atoms with Gasteiger partial charge in [-0.3, -0.25) is 0 Å². The number of benzene rings is 1. The van der Waals surface area contributed by atoms with Crippen LogP contribution < -0.4 is 4.74 Å². The lowest BCUT2D eigenvalue weighted by molar-refractivity contribution is -0.138. The highest BCUT2D eigenvalue weighted by molar-refractivity contribution is 5.29. The lowest BCUT2D eigenvalue weighted by Gasteiger charge is -2.29. The van der Waals surface area contributed by atoms with E-state index in [2.05, 4.69) is 12.1 Å². The van der Waals surface area contributed by atoms with Crippen LogP contribution in [0.25, 0.3) is 0 Å². The number of hydrogen-bond donors (Lipinski definition) is 0. The molecule has 1 aromatic rings. The maximum absolute atomic E-state index is 12.2. The largest absolute Gasteiger partial charge is 0.497 e. The molecule has 0 unspecified atom stereocenters. The third-order valence-electron chi connectivity index (χ3n) is 4.27. The van der Waals surface area contributed by atoms with Gasteiger partial charge in [-0.2, -0.15) is 13.2 Å². The van der Waals surface area contributed by atoms with Crippen LogP contribution in [0.15, 0.2) is 24.3 Å². The molecule has 0 spiro atoms. The van der Waals surface area contributed by atoms with E-state index >= 15 is 0 Å². The van der Waals surface area contributed by atoms with Gasteiger partial charge < -0.3 is 4.74 Å². The van der Waals surface area contributed by atoms with E-state index in [1.807, 2.05) is 12.1 Å². The third kappa shape index (κ3) is 4.43. The number of alkyl halides is 3. The Morgan fingerprint density at radius 3 is 2.15 bits per heavy atom. The van der Waals surface area contributed by atoms with Crippen LogP contribution in [0, 0.1) is 5.92 Å². The van der Waals surface area contributed by atoms with Crippen molar-refractivity contribution in [2.75, 3.05) is 7.11 Å². The second kappa shape index (κ2) is 6.51. The molecule has 0 saturated heterocycles. The minimum absolute atomic E-state index is 0.242. The summed E-state index contributed by atoms with van der Waals surface area (Å²) in [6.07, 6.45) is -0.542. The molecule has 1 fully saturated rings. The molecule has 0 bridgehead atoms. The van der Waals surface area contributed by atoms with Crippen molar-refractivity contribution in [2.45, 2.75) is 50.6 Å². The first kappa shape index (κ1) is 15.2. The fourth-order valence-electron chi connectivity index (χ4n) is 3.03. The average Bonchev–Trinajstić information content (AvgIpc) is 2.45. The van der Waals surface area contributed by atoms with E-state index in [0.29, 0.717) is 12.3 Å². The SMILES string of the molecule is COc1ccc([C@H]2CC[C@H](CCC(F)(F)F)CC2)cc1. The molecule has 2 rings (SSSR count). The van der Waals surface area contributed by atoms with Gasteiger partial charge >= 0.3 is 6.18 Å². The fraction of sp³-hybridized carbons (Fsp3) is 0.625. The second-order valence-corrected chi connectivity index (χ2v) is 5.64. The molecule has 0 atom stereocenters. The first-order valence-electron chi connectivity index (χ1n) is 7.18. The Kier molecular flexibility index (Phi) is 4.95. The highest BCUT2D eigenvalue weighted by Gasteiger charge is 2.30. The van der Waals surface area contributed by atoms with Crippen LogP contribution >= 0.6 is 0 Å². The van der Waals surface area contributed by atoms with Crippen molar-refractivity contribution >= 4 is 0 Å². The summed E-state index contributed by atoms with van der Waals surface area (Å²) in [6, 6.07) is 8.04. The van der Waals surface area contributed by atoms with Gasteiger partial charge in [-0.1, -0.05) is 12.1 Å². The van der Waals surface area contributed by atoms with Gasteiger partial charge in [0, 0.05) is 6.42 Å². The van der Waals surface area contributed by atoms with Crippen LogP contribution in [0.1, 0.15) is 50.0 Å². The Bertz CT molecular complexity index is 403. The van der Waals surface area contributed by atoms with Crippen molar-refractivity contribution < 1.29 is 17.9 Å². The van der Waals surface area contributed by atoms with Gasteiger partial charge in [0.05, 0.1) is 7.11 Å². The van der Waals surface area contributed by atoms with Gasteiger partial charge in [-0.25, -0.2) is 0 Å². The molecule has 0 amide bonds. The first-order valence-corrected chi connectivity index (χ1v) is 7.18. The second-order valence-electron chi connectivity index (χ2n) is 5.64. The number of ether oxygens (including phenoxy) is 1. The minimum atomic E-state index is -4.01. The van der Waals surface area contributed by atoms with Gasteiger partial charge in [-0.05, 0) is 61.6 Å². The minimum Gasteiger partial charge on any atom is -0.497 e. The van der Waals surface area contributed by atoms with Crippen molar-refractivity contribution in [2.24, 2.45) is 5.92 Å². The average molecular weight is 286 g/mol. The smallest absolute Gasteiger partial charge is 0.389 e. The summed E-state index contributed by atoms with van der Waals surface area (Å²) in [5.74, 6) is 1.57. The predicted molar refractivity (Wildman–Crippen MR) is 73.0 cm³/mol. The van der Waals surface area contributed by atoms with E-state index in [1.165, 1.54) is 5.56 Å². The molecular formula is C16H21F3O. The van der Waals surface area contributed by atoms with E-state index in [1.54, 1.807) is 7.11 Å². The quantitative estimate of drug-likeness (QED) is 0.728. The summed E-state index contributed by atoms with van der Waals surface area (Å²) in [5.41, 5.74) is 1.28. The molecule has 20 heavy (non-hydrogen) atoms. The molecule has 0 aliphatic heterocycles. The van der Waals surface area contributed by atoms with Crippen LogP contribution in [-0.2, 0) is 0 Å². The van der Waals surface area contributed by atoms with Crippen LogP contribution in [-0.4, -0.2) is 13.3 Å². The zero-order valence-electron chi connectivity index (χ0n) is 11.7. The molecule has 1 nitrogen and oxygen atoms in total. The molecule has 112 valence electrons. The van der Waals surface area contributed by atoms with Gasteiger partial charge in [0.25, 0.3) is 0 Å². The number of methoxy groups -OCH3 is 1. The Hall–Kier alpha value is -1.19. The number of hydrogen-bond acceptors (Lipinski definition) is 1. The Balaban J connectivity index is 1.81. The summed E-state index contributed by atoms with van der Waals surface area (Å²) in [7, 11) is 1.64.